The number of carbonyl (C=O) groups is 5. The van der Waals surface area contributed by atoms with E-state index in [-0.39, 0.29) is 48.0 Å². The van der Waals surface area contributed by atoms with Gasteiger partial charge in [0, 0.05) is 19.0 Å². The molecule has 4 amide bonds. The van der Waals surface area contributed by atoms with Crippen molar-refractivity contribution in [2.75, 3.05) is 6.54 Å². The lowest BCUT2D eigenvalue weighted by molar-refractivity contribution is -0.132. The van der Waals surface area contributed by atoms with E-state index in [9.17, 15) is 24.0 Å². The molecule has 3 atom stereocenters. The molecule has 0 heterocycles. The number of rotatable bonds is 23. The van der Waals surface area contributed by atoms with Crippen LogP contribution in [-0.4, -0.2) is 54.3 Å². The highest BCUT2D eigenvalue weighted by Crippen LogP contribution is 2.12. The minimum absolute atomic E-state index is 0.0986. The number of ether oxygens (including phenoxy) is 1. The van der Waals surface area contributed by atoms with Gasteiger partial charge in [-0.1, -0.05) is 97.2 Å². The van der Waals surface area contributed by atoms with Crippen molar-refractivity contribution < 1.29 is 28.7 Å². The molecular formula is C37H60N4O6. The van der Waals surface area contributed by atoms with Gasteiger partial charge in [-0.2, -0.15) is 0 Å². The Hall–Kier alpha value is -3.69. The number of carbonyl (C=O) groups excluding carboxylic acids is 5. The Bertz CT molecular complexity index is 1120. The topological polar surface area (TPSA) is 143 Å². The number of nitrogens with one attached hydrogen (secondary N) is 4. The molecule has 47 heavy (non-hydrogen) atoms. The summed E-state index contributed by atoms with van der Waals surface area (Å²) in [6.07, 6.45) is 8.80. The Morgan fingerprint density at radius 1 is 0.702 bits per heavy atom. The van der Waals surface area contributed by atoms with Crippen molar-refractivity contribution in [1.29, 1.82) is 0 Å². The van der Waals surface area contributed by atoms with E-state index in [1.54, 1.807) is 6.08 Å². The first-order valence-electron chi connectivity index (χ1n) is 17.3. The zero-order valence-corrected chi connectivity index (χ0v) is 29.7. The quantitative estimate of drug-likeness (QED) is 0.0842. The summed E-state index contributed by atoms with van der Waals surface area (Å²) in [5.41, 5.74) is 0.937. The molecule has 264 valence electrons. The average molecular weight is 657 g/mol. The van der Waals surface area contributed by atoms with Crippen LogP contribution >= 0.6 is 0 Å². The lowest BCUT2D eigenvalue weighted by atomic mass is 9.98. The van der Waals surface area contributed by atoms with Crippen molar-refractivity contribution in [2.45, 2.75) is 131 Å². The van der Waals surface area contributed by atoms with Gasteiger partial charge in [0.05, 0.1) is 0 Å². The number of benzene rings is 1. The number of hydrogen-bond donors (Lipinski definition) is 4. The van der Waals surface area contributed by atoms with Crippen molar-refractivity contribution in [3.63, 3.8) is 0 Å². The lowest BCUT2D eigenvalue weighted by Gasteiger charge is -2.27. The maximum Gasteiger partial charge on any atom is 0.407 e. The smallest absolute Gasteiger partial charge is 0.407 e. The van der Waals surface area contributed by atoms with E-state index in [0.717, 1.165) is 31.2 Å². The zero-order chi connectivity index (χ0) is 35.2. The minimum atomic E-state index is -0.769. The van der Waals surface area contributed by atoms with Crippen molar-refractivity contribution >= 4 is 29.6 Å². The summed E-state index contributed by atoms with van der Waals surface area (Å²) in [6.45, 7) is 14.3. The third-order valence-corrected chi connectivity index (χ3v) is 7.38. The number of alkyl carbamates (subject to hydrolysis) is 1. The summed E-state index contributed by atoms with van der Waals surface area (Å²) >= 11 is 0. The molecule has 10 heteroatoms. The SMILES string of the molecule is CC(=O)/C=C/[C@H](CC(C)C)NC(=O)[C@H](CC(C)C)NC(=O)[C@H](CC(C)C)NC(=O)CCCCCCCNC(=O)OCc1ccccc1. The summed E-state index contributed by atoms with van der Waals surface area (Å²) in [5.74, 6) is -0.381. The molecule has 0 aromatic heterocycles. The maximum atomic E-state index is 13.4. The number of amides is 4. The molecule has 0 saturated heterocycles. The second-order valence-electron chi connectivity index (χ2n) is 13.7. The van der Waals surface area contributed by atoms with Crippen LogP contribution in [0.2, 0.25) is 0 Å². The van der Waals surface area contributed by atoms with Crippen molar-refractivity contribution in [2.24, 2.45) is 17.8 Å². The maximum absolute atomic E-state index is 13.4. The molecule has 1 aromatic carbocycles. The Morgan fingerprint density at radius 2 is 1.26 bits per heavy atom. The van der Waals surface area contributed by atoms with Gasteiger partial charge in [0.1, 0.15) is 18.7 Å². The van der Waals surface area contributed by atoms with Gasteiger partial charge < -0.3 is 26.0 Å². The first-order valence-corrected chi connectivity index (χ1v) is 17.3. The first kappa shape index (κ1) is 41.3. The van der Waals surface area contributed by atoms with E-state index in [1.807, 2.05) is 71.9 Å². The van der Waals surface area contributed by atoms with E-state index >= 15 is 0 Å². The molecule has 0 fully saturated rings. The Labute approximate surface area is 282 Å². The van der Waals surface area contributed by atoms with Crippen LogP contribution in [0.1, 0.15) is 112 Å². The van der Waals surface area contributed by atoms with Crippen LogP contribution < -0.4 is 21.3 Å². The average Bonchev–Trinajstić information content (AvgIpc) is 2.99. The number of allylic oxidation sites excluding steroid dienone is 1. The predicted molar refractivity (Wildman–Crippen MR) is 186 cm³/mol. The highest BCUT2D eigenvalue weighted by Gasteiger charge is 2.28. The molecule has 0 bridgehead atoms. The monoisotopic (exact) mass is 656 g/mol. The zero-order valence-electron chi connectivity index (χ0n) is 29.7. The van der Waals surface area contributed by atoms with Crippen LogP contribution in [0.4, 0.5) is 4.79 Å². The van der Waals surface area contributed by atoms with Gasteiger partial charge in [-0.3, -0.25) is 19.2 Å². The second-order valence-corrected chi connectivity index (χ2v) is 13.7. The van der Waals surface area contributed by atoms with Crippen molar-refractivity contribution in [3.8, 4) is 0 Å². The van der Waals surface area contributed by atoms with E-state index in [4.69, 9.17) is 4.74 Å². The fourth-order valence-corrected chi connectivity index (χ4v) is 5.08. The number of hydrogen-bond acceptors (Lipinski definition) is 6. The summed E-state index contributed by atoms with van der Waals surface area (Å²) in [4.78, 5) is 62.9. The summed E-state index contributed by atoms with van der Waals surface area (Å²) in [5, 5.41) is 11.6. The summed E-state index contributed by atoms with van der Waals surface area (Å²) in [6, 6.07) is 7.67. The van der Waals surface area contributed by atoms with Gasteiger partial charge >= 0.3 is 6.09 Å². The summed E-state index contributed by atoms with van der Waals surface area (Å²) in [7, 11) is 0. The molecule has 1 rings (SSSR count). The Kier molecular flexibility index (Phi) is 20.8. The molecule has 1 aromatic rings. The van der Waals surface area contributed by atoms with Crippen LogP contribution in [0, 0.1) is 17.8 Å². The third-order valence-electron chi connectivity index (χ3n) is 7.38. The predicted octanol–water partition coefficient (Wildman–Crippen LogP) is 5.99. The fraction of sp³-hybridized carbons (Fsp3) is 0.649. The van der Waals surface area contributed by atoms with Crippen LogP contribution in [0.25, 0.3) is 0 Å². The molecule has 0 unspecified atom stereocenters. The number of unbranched alkanes of at least 4 members (excludes halogenated alkanes) is 4. The Morgan fingerprint density at radius 3 is 1.85 bits per heavy atom. The van der Waals surface area contributed by atoms with Gasteiger partial charge in [0.25, 0.3) is 0 Å². The van der Waals surface area contributed by atoms with E-state index in [1.165, 1.54) is 13.0 Å². The standard InChI is InChI=1S/C37H60N4O6/c1-26(2)22-31(20-19-29(7)42)39-35(44)33(24-28(5)6)41-36(45)32(23-27(3)4)40-34(43)18-14-9-8-10-15-21-38-37(46)47-25-30-16-12-11-13-17-30/h11-13,16-17,19-20,26-28,31-33H,8-10,14-15,18,21-25H2,1-7H3,(H,38,46)(H,39,44)(H,40,43)(H,41,45)/b20-19+/t31-,32+,33+/m1/s1. The molecular weight excluding hydrogens is 596 g/mol. The second kappa shape index (κ2) is 23.6. The molecule has 0 aliphatic heterocycles. The van der Waals surface area contributed by atoms with Gasteiger partial charge in [-0.05, 0) is 68.4 Å². The molecule has 0 aliphatic rings. The molecule has 0 spiro atoms. The highest BCUT2D eigenvalue weighted by atomic mass is 16.5. The normalized spacial score (nSPS) is 13.3. The van der Waals surface area contributed by atoms with Gasteiger partial charge in [0.2, 0.25) is 17.7 Å². The molecule has 0 saturated carbocycles. The Balaban J connectivity index is 2.53. The molecule has 4 N–H and O–H groups in total. The van der Waals surface area contributed by atoms with Gasteiger partial charge in [-0.25, -0.2) is 4.79 Å². The van der Waals surface area contributed by atoms with E-state index < -0.39 is 18.2 Å². The molecule has 0 radical (unpaired) electrons. The minimum Gasteiger partial charge on any atom is -0.445 e. The summed E-state index contributed by atoms with van der Waals surface area (Å²) < 4.78 is 5.21. The molecule has 10 nitrogen and oxygen atoms in total. The first-order chi connectivity index (χ1) is 22.3. The van der Waals surface area contributed by atoms with Crippen LogP contribution in [-0.2, 0) is 30.5 Å². The van der Waals surface area contributed by atoms with E-state index in [0.29, 0.717) is 44.6 Å². The lowest BCUT2D eigenvalue weighted by Crippen LogP contribution is -2.55. The molecule has 0 aliphatic carbocycles. The van der Waals surface area contributed by atoms with Crippen LogP contribution in [0.3, 0.4) is 0 Å². The van der Waals surface area contributed by atoms with Crippen molar-refractivity contribution in [1.82, 2.24) is 21.3 Å². The van der Waals surface area contributed by atoms with Crippen molar-refractivity contribution in [3.05, 3.63) is 48.0 Å². The van der Waals surface area contributed by atoms with Gasteiger partial charge in [-0.15, -0.1) is 0 Å². The van der Waals surface area contributed by atoms with Crippen LogP contribution in [0.5, 0.6) is 0 Å². The highest BCUT2D eigenvalue weighted by molar-refractivity contribution is 5.92. The van der Waals surface area contributed by atoms with Crippen LogP contribution in [0.15, 0.2) is 42.5 Å². The fourth-order valence-electron chi connectivity index (χ4n) is 5.08. The third kappa shape index (κ3) is 20.9. The number of ketones is 1. The van der Waals surface area contributed by atoms with E-state index in [2.05, 4.69) is 21.3 Å². The largest absolute Gasteiger partial charge is 0.445 e. The van der Waals surface area contributed by atoms with Gasteiger partial charge in [0.15, 0.2) is 5.78 Å².